The Morgan fingerprint density at radius 2 is 1.54 bits per heavy atom. The maximum absolute atomic E-state index is 6.97. The van der Waals surface area contributed by atoms with Gasteiger partial charge < -0.3 is 18.1 Å². The average molecular weight is 596 g/mol. The second-order valence-electron chi connectivity index (χ2n) is 17.0. The number of nitrogens with zero attached hydrogens (tertiary/aromatic N) is 1. The molecule has 0 heterocycles. The van der Waals surface area contributed by atoms with Gasteiger partial charge >= 0.3 is 0 Å². The normalized spacial score (nSPS) is 41.1. The Kier molecular flexibility index (Phi) is 9.21. The molecule has 5 nitrogen and oxygen atoms in total. The Bertz CT molecular complexity index is 894. The van der Waals surface area contributed by atoms with E-state index in [1.807, 2.05) is 0 Å². The Balaban J connectivity index is 1.62. The van der Waals surface area contributed by atoms with Crippen molar-refractivity contribution in [3.05, 3.63) is 0 Å². The molecular weight excluding hydrogens is 535 g/mol. The number of hydrogen-bond donors (Lipinski definition) is 0. The first-order chi connectivity index (χ1) is 17.9. The highest BCUT2D eigenvalue weighted by Crippen LogP contribution is 2.67. The lowest BCUT2D eigenvalue weighted by molar-refractivity contribution is -0.0895. The van der Waals surface area contributed by atoms with E-state index in [0.29, 0.717) is 29.3 Å². The fourth-order valence-electron chi connectivity index (χ4n) is 9.55. The molecule has 0 aromatic heterocycles. The first-order valence-electron chi connectivity index (χ1n) is 16.0. The van der Waals surface area contributed by atoms with E-state index in [1.54, 1.807) is 7.11 Å². The smallest absolute Gasteiger partial charge is 0.184 e. The van der Waals surface area contributed by atoms with Gasteiger partial charge in [-0.05, 0) is 145 Å². The van der Waals surface area contributed by atoms with Crippen molar-refractivity contribution in [2.75, 3.05) is 13.7 Å². The van der Waals surface area contributed by atoms with Gasteiger partial charge in [0, 0.05) is 12.0 Å². The summed E-state index contributed by atoms with van der Waals surface area (Å²) >= 11 is 0. The maximum Gasteiger partial charge on any atom is 0.184 e. The fraction of sp³-hybridized carbons (Fsp3) is 0.968. The number of hydrogen-bond acceptors (Lipinski definition) is 5. The highest BCUT2D eigenvalue weighted by atomic mass is 28.4. The number of oxime groups is 1. The summed E-state index contributed by atoms with van der Waals surface area (Å²) in [6.45, 7) is 26.9. The molecule has 0 aliphatic heterocycles. The van der Waals surface area contributed by atoms with Gasteiger partial charge in [-0.1, -0.05) is 19.0 Å². The largest absolute Gasteiger partial charge is 0.415 e. The minimum atomic E-state index is -1.73. The van der Waals surface area contributed by atoms with Gasteiger partial charge in [-0.2, -0.15) is 0 Å². The third kappa shape index (κ3) is 6.98. The van der Waals surface area contributed by atoms with Gasteiger partial charge in [0.25, 0.3) is 0 Å². The average Bonchev–Trinajstić information content (AvgIpc) is 3.11. The van der Waals surface area contributed by atoms with Crippen molar-refractivity contribution in [1.29, 1.82) is 0 Å². The van der Waals surface area contributed by atoms with Crippen LogP contribution in [0, 0.1) is 40.4 Å². The summed E-state index contributed by atoms with van der Waals surface area (Å²) < 4.78 is 20.2. The molecular formula is C31H61NO4Si3. The number of fused-ring (bicyclic) bond motifs is 5. The van der Waals surface area contributed by atoms with Crippen LogP contribution in [-0.4, -0.2) is 56.6 Å². The summed E-state index contributed by atoms with van der Waals surface area (Å²) in [5.41, 5.74) is 1.84. The van der Waals surface area contributed by atoms with Crippen LogP contribution in [0.1, 0.15) is 65.2 Å². The quantitative estimate of drug-likeness (QED) is 0.198. The summed E-state index contributed by atoms with van der Waals surface area (Å²) in [5, 5.41) is 4.88. The van der Waals surface area contributed by atoms with E-state index in [-0.39, 0.29) is 11.5 Å². The zero-order valence-electron chi connectivity index (χ0n) is 27.5. The predicted molar refractivity (Wildman–Crippen MR) is 171 cm³/mol. The summed E-state index contributed by atoms with van der Waals surface area (Å²) in [6, 6.07) is 0. The Morgan fingerprint density at radius 1 is 0.846 bits per heavy atom. The van der Waals surface area contributed by atoms with Crippen molar-refractivity contribution in [3.8, 4) is 0 Å². The molecule has 226 valence electrons. The van der Waals surface area contributed by atoms with Crippen LogP contribution in [0.4, 0.5) is 0 Å². The first-order valence-corrected chi connectivity index (χ1v) is 26.2. The van der Waals surface area contributed by atoms with E-state index < -0.39 is 25.0 Å². The molecule has 39 heavy (non-hydrogen) atoms. The molecule has 0 N–H and O–H groups in total. The van der Waals surface area contributed by atoms with E-state index in [9.17, 15) is 0 Å². The van der Waals surface area contributed by atoms with Crippen LogP contribution in [0.2, 0.25) is 58.9 Å². The van der Waals surface area contributed by atoms with Crippen LogP contribution < -0.4 is 0 Å². The zero-order valence-corrected chi connectivity index (χ0v) is 30.5. The van der Waals surface area contributed by atoms with Crippen molar-refractivity contribution < 1.29 is 18.1 Å². The predicted octanol–water partition coefficient (Wildman–Crippen LogP) is 8.55. The van der Waals surface area contributed by atoms with Crippen molar-refractivity contribution in [2.45, 2.75) is 136 Å². The molecule has 4 aliphatic carbocycles. The van der Waals surface area contributed by atoms with E-state index >= 15 is 0 Å². The Morgan fingerprint density at radius 3 is 2.13 bits per heavy atom. The maximum atomic E-state index is 6.97. The summed E-state index contributed by atoms with van der Waals surface area (Å²) in [7, 11) is -3.14. The minimum absolute atomic E-state index is 0.180. The van der Waals surface area contributed by atoms with Gasteiger partial charge in [0.15, 0.2) is 25.0 Å². The molecule has 0 amide bonds. The molecule has 4 aliphatic rings. The molecule has 0 aromatic rings. The van der Waals surface area contributed by atoms with E-state index in [2.05, 4.69) is 72.8 Å². The van der Waals surface area contributed by atoms with Gasteiger partial charge in [-0.3, -0.25) is 0 Å². The molecule has 4 rings (SSSR count). The van der Waals surface area contributed by atoms with Crippen LogP contribution in [0.5, 0.6) is 0 Å². The molecule has 0 radical (unpaired) electrons. The van der Waals surface area contributed by atoms with Crippen LogP contribution in [0.15, 0.2) is 5.16 Å². The monoisotopic (exact) mass is 595 g/mol. The lowest BCUT2D eigenvalue weighted by Crippen LogP contribution is -2.59. The molecule has 9 atom stereocenters. The third-order valence-corrected chi connectivity index (χ3v) is 13.8. The van der Waals surface area contributed by atoms with Gasteiger partial charge in [0.1, 0.15) is 7.11 Å². The molecule has 0 spiro atoms. The first kappa shape index (κ1) is 31.9. The van der Waals surface area contributed by atoms with Crippen LogP contribution in [0.3, 0.4) is 0 Å². The summed E-state index contributed by atoms with van der Waals surface area (Å²) in [4.78, 5) is 5.63. The lowest BCUT2D eigenvalue weighted by atomic mass is 9.44. The van der Waals surface area contributed by atoms with Crippen molar-refractivity contribution in [2.24, 2.45) is 45.6 Å². The van der Waals surface area contributed by atoms with Gasteiger partial charge in [0.2, 0.25) is 0 Å². The summed E-state index contributed by atoms with van der Waals surface area (Å²) in [5.74, 6) is 3.21. The second-order valence-corrected chi connectivity index (χ2v) is 30.4. The minimum Gasteiger partial charge on any atom is -0.415 e. The van der Waals surface area contributed by atoms with Crippen molar-refractivity contribution >= 4 is 30.7 Å². The van der Waals surface area contributed by atoms with Crippen LogP contribution in [0.25, 0.3) is 0 Å². The Labute approximate surface area is 243 Å². The highest BCUT2D eigenvalue weighted by molar-refractivity contribution is 6.70. The molecule has 4 fully saturated rings. The Hall–Kier alpha value is 0.000649. The summed E-state index contributed by atoms with van der Waals surface area (Å²) in [6.07, 6.45) is 10.6. The SMILES string of the molecule is CON=C1C[C@@]2(C)C(CC[C@@H]2[C@H](CO[Si](C)(C)C)O[Si](C)(C)C)C2CCC3C[C@H](O[Si](C)(C)C)CC[C@]3(C)C12. The number of rotatable bonds is 9. The fourth-order valence-corrected chi connectivity index (χ4v) is 12.6. The van der Waals surface area contributed by atoms with E-state index in [0.717, 1.165) is 24.9 Å². The third-order valence-electron chi connectivity index (χ3n) is 10.8. The highest BCUT2D eigenvalue weighted by Gasteiger charge is 2.63. The van der Waals surface area contributed by atoms with Gasteiger partial charge in [-0.25, -0.2) is 0 Å². The molecule has 4 unspecified atom stereocenters. The van der Waals surface area contributed by atoms with Crippen molar-refractivity contribution in [1.82, 2.24) is 0 Å². The standard InChI is InChI=1S/C31H61NO4Si3/c1-30-18-17-23(35-38(7,8)9)19-22(30)13-14-24-25-15-16-26(31(25,2)20-27(29(24)30)32-33-3)28(36-39(10,11)12)21-34-37(4,5)6/h22-26,28-29H,13-21H2,1-12H3/t22?,23-,24?,25?,26-,28+,29?,30+,31+/m1/s1. The molecule has 8 heteroatoms. The van der Waals surface area contributed by atoms with E-state index in [4.69, 9.17) is 23.3 Å². The molecule has 4 saturated carbocycles. The lowest BCUT2D eigenvalue weighted by Gasteiger charge is -2.61. The van der Waals surface area contributed by atoms with Gasteiger partial charge in [-0.15, -0.1) is 0 Å². The molecule has 0 aromatic carbocycles. The zero-order chi connectivity index (χ0) is 29.0. The van der Waals surface area contributed by atoms with Crippen LogP contribution >= 0.6 is 0 Å². The van der Waals surface area contributed by atoms with Crippen LogP contribution in [-0.2, 0) is 18.1 Å². The topological polar surface area (TPSA) is 49.3 Å². The molecule has 0 saturated heterocycles. The molecule has 0 bridgehead atoms. The van der Waals surface area contributed by atoms with Gasteiger partial charge in [0.05, 0.1) is 18.4 Å². The van der Waals surface area contributed by atoms with Crippen molar-refractivity contribution in [3.63, 3.8) is 0 Å². The second kappa shape index (κ2) is 11.3. The van der Waals surface area contributed by atoms with E-state index in [1.165, 1.54) is 50.7 Å².